The van der Waals surface area contributed by atoms with Gasteiger partial charge in [-0.15, -0.1) is 0 Å². The molecule has 1 aliphatic rings. The fourth-order valence-corrected chi connectivity index (χ4v) is 2.46. The van der Waals surface area contributed by atoms with E-state index in [-0.39, 0.29) is 0 Å². The summed E-state index contributed by atoms with van der Waals surface area (Å²) in [4.78, 5) is 0. The van der Waals surface area contributed by atoms with E-state index in [9.17, 15) is 0 Å². The van der Waals surface area contributed by atoms with Gasteiger partial charge in [0.25, 0.3) is 0 Å². The minimum atomic E-state index is 0.296. The SMILES string of the molecule is CCC1(Nc2cc(Cl)c(N)cc2C)CCC1. The second kappa shape index (κ2) is 4.17. The van der Waals surface area contributed by atoms with E-state index in [2.05, 4.69) is 19.2 Å². The van der Waals surface area contributed by atoms with Crippen LogP contribution in [0.5, 0.6) is 0 Å². The Morgan fingerprint density at radius 3 is 2.62 bits per heavy atom. The van der Waals surface area contributed by atoms with E-state index in [1.165, 1.54) is 24.8 Å². The van der Waals surface area contributed by atoms with Crippen molar-refractivity contribution in [1.82, 2.24) is 0 Å². The van der Waals surface area contributed by atoms with Crippen molar-refractivity contribution in [3.8, 4) is 0 Å². The largest absolute Gasteiger partial charge is 0.398 e. The van der Waals surface area contributed by atoms with Crippen LogP contribution in [-0.2, 0) is 0 Å². The van der Waals surface area contributed by atoms with Gasteiger partial charge in [0.15, 0.2) is 0 Å². The molecule has 0 aromatic heterocycles. The molecule has 0 atom stereocenters. The highest BCUT2D eigenvalue weighted by atomic mass is 35.5. The highest BCUT2D eigenvalue weighted by Crippen LogP contribution is 2.39. The number of rotatable bonds is 3. The first-order valence-electron chi connectivity index (χ1n) is 5.90. The molecule has 3 heteroatoms. The lowest BCUT2D eigenvalue weighted by atomic mass is 9.74. The van der Waals surface area contributed by atoms with Gasteiger partial charge >= 0.3 is 0 Å². The van der Waals surface area contributed by atoms with Crippen LogP contribution in [0, 0.1) is 6.92 Å². The minimum Gasteiger partial charge on any atom is -0.398 e. The smallest absolute Gasteiger partial charge is 0.0656 e. The van der Waals surface area contributed by atoms with Crippen molar-refractivity contribution in [2.24, 2.45) is 0 Å². The van der Waals surface area contributed by atoms with Crippen molar-refractivity contribution < 1.29 is 0 Å². The molecule has 16 heavy (non-hydrogen) atoms. The average molecular weight is 239 g/mol. The maximum Gasteiger partial charge on any atom is 0.0656 e. The number of nitrogens with one attached hydrogen (secondary N) is 1. The van der Waals surface area contributed by atoms with E-state index < -0.39 is 0 Å². The standard InChI is InChI=1S/C13H19ClN2/c1-3-13(5-4-6-13)16-12-8-10(14)11(15)7-9(12)2/h7-8,16H,3-6,15H2,1-2H3. The molecule has 0 saturated heterocycles. The van der Waals surface area contributed by atoms with Gasteiger partial charge in [0.1, 0.15) is 0 Å². The molecule has 1 aliphatic carbocycles. The summed E-state index contributed by atoms with van der Waals surface area (Å²) in [7, 11) is 0. The second-order valence-electron chi connectivity index (χ2n) is 4.80. The third-order valence-electron chi connectivity index (χ3n) is 3.73. The van der Waals surface area contributed by atoms with Crippen LogP contribution in [-0.4, -0.2) is 5.54 Å². The van der Waals surface area contributed by atoms with Gasteiger partial charge in [0, 0.05) is 11.2 Å². The van der Waals surface area contributed by atoms with Crippen LogP contribution in [0.3, 0.4) is 0 Å². The molecule has 1 saturated carbocycles. The third-order valence-corrected chi connectivity index (χ3v) is 4.06. The number of anilines is 2. The normalized spacial score (nSPS) is 17.9. The Kier molecular flexibility index (Phi) is 3.02. The lowest BCUT2D eigenvalue weighted by molar-refractivity contribution is 0.269. The van der Waals surface area contributed by atoms with E-state index in [1.54, 1.807) is 0 Å². The van der Waals surface area contributed by atoms with Gasteiger partial charge in [-0.3, -0.25) is 0 Å². The van der Waals surface area contributed by atoms with Gasteiger partial charge in [-0.25, -0.2) is 0 Å². The van der Waals surface area contributed by atoms with E-state index in [0.29, 0.717) is 16.2 Å². The Morgan fingerprint density at radius 1 is 1.44 bits per heavy atom. The fourth-order valence-electron chi connectivity index (χ4n) is 2.29. The van der Waals surface area contributed by atoms with Gasteiger partial charge in [0.05, 0.1) is 10.7 Å². The molecular weight excluding hydrogens is 220 g/mol. The van der Waals surface area contributed by atoms with Crippen LogP contribution < -0.4 is 11.1 Å². The number of aryl methyl sites for hydroxylation is 1. The molecule has 88 valence electrons. The van der Waals surface area contributed by atoms with Crippen molar-refractivity contribution in [2.75, 3.05) is 11.1 Å². The van der Waals surface area contributed by atoms with Crippen LogP contribution in [0.15, 0.2) is 12.1 Å². The van der Waals surface area contributed by atoms with Gasteiger partial charge in [0.2, 0.25) is 0 Å². The van der Waals surface area contributed by atoms with Crippen LogP contribution in [0.25, 0.3) is 0 Å². The summed E-state index contributed by atoms with van der Waals surface area (Å²) in [5.74, 6) is 0. The number of benzene rings is 1. The molecule has 1 aromatic carbocycles. The van der Waals surface area contributed by atoms with E-state index >= 15 is 0 Å². The van der Waals surface area contributed by atoms with Crippen molar-refractivity contribution >= 4 is 23.0 Å². The first-order chi connectivity index (χ1) is 7.56. The quantitative estimate of drug-likeness (QED) is 0.782. The molecule has 1 aromatic rings. The van der Waals surface area contributed by atoms with E-state index in [4.69, 9.17) is 17.3 Å². The molecule has 0 amide bonds. The van der Waals surface area contributed by atoms with Crippen molar-refractivity contribution in [1.29, 1.82) is 0 Å². The Bertz CT molecular complexity index is 392. The molecule has 0 heterocycles. The topological polar surface area (TPSA) is 38.0 Å². The average Bonchev–Trinajstić information content (AvgIpc) is 2.19. The maximum absolute atomic E-state index is 6.05. The molecule has 0 unspecified atom stereocenters. The zero-order valence-corrected chi connectivity index (χ0v) is 10.7. The van der Waals surface area contributed by atoms with Gasteiger partial charge < -0.3 is 11.1 Å². The van der Waals surface area contributed by atoms with Gasteiger partial charge in [-0.05, 0) is 50.3 Å². The third kappa shape index (κ3) is 1.99. The molecule has 0 radical (unpaired) electrons. The zero-order chi connectivity index (χ0) is 11.8. The maximum atomic E-state index is 6.05. The summed E-state index contributed by atoms with van der Waals surface area (Å²) in [6.07, 6.45) is 4.99. The first-order valence-corrected chi connectivity index (χ1v) is 6.28. The van der Waals surface area contributed by atoms with Gasteiger partial charge in [-0.1, -0.05) is 18.5 Å². The molecule has 2 nitrogen and oxygen atoms in total. The van der Waals surface area contributed by atoms with Crippen molar-refractivity contribution in [2.45, 2.75) is 45.1 Å². The van der Waals surface area contributed by atoms with Gasteiger partial charge in [-0.2, -0.15) is 0 Å². The number of nitrogen functional groups attached to an aromatic ring is 1. The van der Waals surface area contributed by atoms with Crippen LogP contribution in [0.4, 0.5) is 11.4 Å². The summed E-state index contributed by atoms with van der Waals surface area (Å²) in [5.41, 5.74) is 9.02. The highest BCUT2D eigenvalue weighted by molar-refractivity contribution is 6.33. The van der Waals surface area contributed by atoms with Crippen LogP contribution >= 0.6 is 11.6 Å². The summed E-state index contributed by atoms with van der Waals surface area (Å²) in [6, 6.07) is 3.88. The minimum absolute atomic E-state index is 0.296. The second-order valence-corrected chi connectivity index (χ2v) is 5.21. The number of nitrogens with two attached hydrogens (primary N) is 1. The van der Waals surface area contributed by atoms with Crippen molar-refractivity contribution in [3.05, 3.63) is 22.7 Å². The monoisotopic (exact) mass is 238 g/mol. The molecule has 0 bridgehead atoms. The summed E-state index contributed by atoms with van der Waals surface area (Å²) < 4.78 is 0. The highest BCUT2D eigenvalue weighted by Gasteiger charge is 2.35. The van der Waals surface area contributed by atoms with E-state index in [0.717, 1.165) is 12.1 Å². The molecular formula is C13H19ClN2. The predicted molar refractivity (Wildman–Crippen MR) is 71.1 cm³/mol. The summed E-state index contributed by atoms with van der Waals surface area (Å²) in [6.45, 7) is 4.30. The Balaban J connectivity index is 2.24. The Labute approximate surface area is 102 Å². The predicted octanol–water partition coefficient (Wildman–Crippen LogP) is 3.98. The van der Waals surface area contributed by atoms with E-state index in [1.807, 2.05) is 12.1 Å². The number of hydrogen-bond acceptors (Lipinski definition) is 2. The number of hydrogen-bond donors (Lipinski definition) is 2. The molecule has 0 aliphatic heterocycles. The molecule has 2 rings (SSSR count). The van der Waals surface area contributed by atoms with Crippen LogP contribution in [0.1, 0.15) is 38.2 Å². The Hall–Kier alpha value is -0.890. The Morgan fingerprint density at radius 2 is 2.12 bits per heavy atom. The van der Waals surface area contributed by atoms with Crippen molar-refractivity contribution in [3.63, 3.8) is 0 Å². The molecule has 3 N–H and O–H groups in total. The first kappa shape index (κ1) is 11.6. The fraction of sp³-hybridized carbons (Fsp3) is 0.538. The summed E-state index contributed by atoms with van der Waals surface area (Å²) >= 11 is 6.05. The molecule has 0 spiro atoms. The summed E-state index contributed by atoms with van der Waals surface area (Å²) in [5, 5.41) is 4.28. The van der Waals surface area contributed by atoms with Crippen LogP contribution in [0.2, 0.25) is 5.02 Å². The molecule has 1 fully saturated rings. The zero-order valence-electron chi connectivity index (χ0n) is 9.94. The lowest BCUT2D eigenvalue weighted by Gasteiger charge is -2.43. The number of halogens is 1. The lowest BCUT2D eigenvalue weighted by Crippen LogP contribution is -2.44.